The van der Waals surface area contributed by atoms with Crippen LogP contribution in [0.3, 0.4) is 0 Å². The van der Waals surface area contributed by atoms with Crippen LogP contribution in [0.4, 0.5) is 4.39 Å². The monoisotopic (exact) mass is 519 g/mol. The van der Waals surface area contributed by atoms with Gasteiger partial charge >= 0.3 is 5.97 Å². The van der Waals surface area contributed by atoms with E-state index in [0.29, 0.717) is 31.4 Å². The molecule has 6 nitrogen and oxygen atoms in total. The molecular formula is C29H26FNO5S. The maximum atomic E-state index is 14.3. The molecule has 1 heterocycles. The Morgan fingerprint density at radius 1 is 0.892 bits per heavy atom. The van der Waals surface area contributed by atoms with Gasteiger partial charge in [-0.15, -0.1) is 0 Å². The second-order valence-corrected chi connectivity index (χ2v) is 11.3. The Labute approximate surface area is 215 Å². The molecule has 3 aromatic carbocycles. The Morgan fingerprint density at radius 3 is 2.16 bits per heavy atom. The van der Waals surface area contributed by atoms with E-state index in [0.717, 1.165) is 5.56 Å². The number of rotatable bonds is 8. The zero-order valence-electron chi connectivity index (χ0n) is 20.0. The number of nitrogens with zero attached hydrogens (tertiary/aromatic N) is 1. The number of hydrogen-bond acceptors (Lipinski definition) is 6. The Balaban J connectivity index is 1.58. The Bertz CT molecular complexity index is 1430. The Kier molecular flexibility index (Phi) is 6.69. The average Bonchev–Trinajstić information content (AvgIpc) is 3.59. The number of allylic oxidation sites excluding steroid dienone is 1. The number of aliphatic imine (C=N–C) groups is 1. The van der Waals surface area contributed by atoms with Crippen LogP contribution in [0.5, 0.6) is 5.75 Å². The van der Waals surface area contributed by atoms with Crippen LogP contribution in [0, 0.1) is 11.2 Å². The van der Waals surface area contributed by atoms with E-state index in [4.69, 9.17) is 9.47 Å². The molecule has 3 aromatic rings. The van der Waals surface area contributed by atoms with Crippen LogP contribution in [-0.4, -0.2) is 25.5 Å². The molecular weight excluding hydrogens is 493 g/mol. The molecule has 0 radical (unpaired) electrons. The highest BCUT2D eigenvalue weighted by Crippen LogP contribution is 2.56. The summed E-state index contributed by atoms with van der Waals surface area (Å²) in [5, 5.41) is 0. The van der Waals surface area contributed by atoms with E-state index in [1.54, 1.807) is 18.2 Å². The van der Waals surface area contributed by atoms with Crippen molar-refractivity contribution in [3.8, 4) is 5.75 Å². The van der Waals surface area contributed by atoms with Gasteiger partial charge in [0.25, 0.3) is 0 Å². The fourth-order valence-corrected chi connectivity index (χ4v) is 7.25. The van der Waals surface area contributed by atoms with Crippen LogP contribution in [0.25, 0.3) is 0 Å². The first-order valence-electron chi connectivity index (χ1n) is 12.1. The first-order valence-corrected chi connectivity index (χ1v) is 13.6. The summed E-state index contributed by atoms with van der Waals surface area (Å²) in [5.41, 5.74) is -0.643. The minimum absolute atomic E-state index is 0.0231. The summed E-state index contributed by atoms with van der Waals surface area (Å²) in [6.45, 7) is 0.0231. The van der Waals surface area contributed by atoms with Gasteiger partial charge in [0.05, 0.1) is 11.1 Å². The van der Waals surface area contributed by atoms with Gasteiger partial charge in [-0.2, -0.15) is 0 Å². The van der Waals surface area contributed by atoms with Gasteiger partial charge in [-0.25, -0.2) is 12.8 Å². The van der Waals surface area contributed by atoms with Crippen LogP contribution in [-0.2, 0) is 26.0 Å². The predicted octanol–water partition coefficient (Wildman–Crippen LogP) is 5.65. The molecule has 1 aliphatic carbocycles. The molecule has 2 aliphatic rings. The molecule has 1 saturated carbocycles. The fourth-order valence-electron chi connectivity index (χ4n) is 5.11. The lowest BCUT2D eigenvalue weighted by molar-refractivity contribution is -0.158. The summed E-state index contributed by atoms with van der Waals surface area (Å²) >= 11 is 0. The number of carbonyl (C=O) groups is 1. The Morgan fingerprint density at radius 2 is 1.51 bits per heavy atom. The summed E-state index contributed by atoms with van der Waals surface area (Å²) in [5.74, 6) is -0.550. The predicted molar refractivity (Wildman–Crippen MR) is 137 cm³/mol. The number of ether oxygens (including phenoxy) is 2. The summed E-state index contributed by atoms with van der Waals surface area (Å²) in [4.78, 5) is 16.5. The van der Waals surface area contributed by atoms with Crippen LogP contribution in [0.15, 0.2) is 107 Å². The number of halogens is 1. The summed E-state index contributed by atoms with van der Waals surface area (Å²) in [7, 11) is -4.22. The van der Waals surface area contributed by atoms with Crippen LogP contribution < -0.4 is 4.74 Å². The SMILES string of the molecule is O=C(OCc1ccccc1)C1(C2(S(=O)(=O)c3ccccc3)C=C(Oc3ccc(F)cc3)C=N2)CCCC1. The molecule has 0 aromatic heterocycles. The van der Waals surface area contributed by atoms with E-state index >= 15 is 0 Å². The van der Waals surface area contributed by atoms with Gasteiger partial charge in [0.2, 0.25) is 14.7 Å². The third kappa shape index (κ3) is 4.46. The van der Waals surface area contributed by atoms with Crippen molar-refractivity contribution in [2.45, 2.75) is 42.1 Å². The normalized spacial score (nSPS) is 20.4. The lowest BCUT2D eigenvalue weighted by Crippen LogP contribution is -2.54. The molecule has 5 rings (SSSR count). The second kappa shape index (κ2) is 9.94. The van der Waals surface area contributed by atoms with E-state index in [-0.39, 0.29) is 17.3 Å². The van der Waals surface area contributed by atoms with Gasteiger partial charge in [-0.1, -0.05) is 61.4 Å². The summed E-state index contributed by atoms with van der Waals surface area (Å²) in [6.07, 6.45) is 4.64. The highest BCUT2D eigenvalue weighted by molar-refractivity contribution is 7.93. The van der Waals surface area contributed by atoms with E-state index in [1.165, 1.54) is 48.7 Å². The minimum Gasteiger partial charge on any atom is -0.460 e. The third-order valence-corrected chi connectivity index (χ3v) is 9.31. The lowest BCUT2D eigenvalue weighted by atomic mass is 9.78. The Hall–Kier alpha value is -3.78. The standard InChI is InChI=1S/C29H26FNO5S/c30-23-13-15-24(16-14-23)36-25-19-29(31-20-25,37(33,34)26-11-5-2-6-12-26)28(17-7-8-18-28)27(32)35-21-22-9-3-1-4-10-22/h1-6,9-16,19-20H,7-8,17-18,21H2. The van der Waals surface area contributed by atoms with Crippen molar-refractivity contribution in [3.05, 3.63) is 108 Å². The molecule has 190 valence electrons. The van der Waals surface area contributed by atoms with Gasteiger partial charge in [0.1, 0.15) is 29.3 Å². The van der Waals surface area contributed by atoms with Crippen molar-refractivity contribution in [2.75, 3.05) is 0 Å². The van der Waals surface area contributed by atoms with Crippen molar-refractivity contribution in [2.24, 2.45) is 10.4 Å². The molecule has 1 unspecified atom stereocenters. The van der Waals surface area contributed by atoms with E-state index in [9.17, 15) is 17.6 Å². The average molecular weight is 520 g/mol. The number of carbonyl (C=O) groups excluding carboxylic acids is 1. The number of sulfone groups is 1. The zero-order chi connectivity index (χ0) is 25.9. The van der Waals surface area contributed by atoms with Crippen LogP contribution in [0.1, 0.15) is 31.2 Å². The highest BCUT2D eigenvalue weighted by Gasteiger charge is 2.66. The molecule has 1 fully saturated rings. The molecule has 0 amide bonds. The van der Waals surface area contributed by atoms with Gasteiger partial charge in [-0.05, 0) is 54.8 Å². The second-order valence-electron chi connectivity index (χ2n) is 9.22. The maximum absolute atomic E-state index is 14.3. The number of benzene rings is 3. The van der Waals surface area contributed by atoms with Gasteiger partial charge in [0.15, 0.2) is 0 Å². The van der Waals surface area contributed by atoms with Gasteiger partial charge in [0, 0.05) is 6.08 Å². The van der Waals surface area contributed by atoms with Crippen molar-refractivity contribution >= 4 is 22.0 Å². The first kappa shape index (κ1) is 24.9. The molecule has 1 aliphatic heterocycles. The number of hydrogen-bond donors (Lipinski definition) is 0. The van der Waals surface area contributed by atoms with Crippen molar-refractivity contribution in [3.63, 3.8) is 0 Å². The molecule has 37 heavy (non-hydrogen) atoms. The quantitative estimate of drug-likeness (QED) is 0.360. The smallest absolute Gasteiger partial charge is 0.316 e. The first-order chi connectivity index (χ1) is 17.9. The highest BCUT2D eigenvalue weighted by atomic mass is 32.2. The van der Waals surface area contributed by atoms with E-state index in [1.807, 2.05) is 30.3 Å². The van der Waals surface area contributed by atoms with Crippen LogP contribution >= 0.6 is 0 Å². The summed E-state index contributed by atoms with van der Waals surface area (Å²) in [6, 6.07) is 22.6. The van der Waals surface area contributed by atoms with Crippen molar-refractivity contribution in [1.29, 1.82) is 0 Å². The summed E-state index contributed by atoms with van der Waals surface area (Å²) < 4.78 is 53.6. The third-order valence-electron chi connectivity index (χ3n) is 6.98. The molecule has 1 atom stereocenters. The van der Waals surface area contributed by atoms with Gasteiger partial charge < -0.3 is 9.47 Å². The molecule has 0 spiro atoms. The minimum atomic E-state index is -4.22. The maximum Gasteiger partial charge on any atom is 0.316 e. The lowest BCUT2D eigenvalue weighted by Gasteiger charge is -2.40. The fraction of sp³-hybridized carbons (Fsp3) is 0.241. The molecule has 0 N–H and O–H groups in total. The molecule has 0 saturated heterocycles. The van der Waals surface area contributed by atoms with Crippen molar-refractivity contribution in [1.82, 2.24) is 0 Å². The van der Waals surface area contributed by atoms with E-state index in [2.05, 4.69) is 4.99 Å². The van der Waals surface area contributed by atoms with Crippen molar-refractivity contribution < 1.29 is 27.1 Å². The molecule has 8 heteroatoms. The molecule has 0 bridgehead atoms. The topological polar surface area (TPSA) is 82.0 Å². The largest absolute Gasteiger partial charge is 0.460 e. The number of esters is 1. The van der Waals surface area contributed by atoms with Gasteiger partial charge in [-0.3, -0.25) is 9.79 Å². The van der Waals surface area contributed by atoms with E-state index < -0.39 is 31.9 Å². The zero-order valence-corrected chi connectivity index (χ0v) is 20.9. The van der Waals surface area contributed by atoms with Crippen LogP contribution in [0.2, 0.25) is 0 Å².